The first kappa shape index (κ1) is 14.8. The Hall–Kier alpha value is -2.13. The van der Waals surface area contributed by atoms with E-state index in [2.05, 4.69) is 37.3 Å². The second kappa shape index (κ2) is 6.32. The second-order valence-electron chi connectivity index (χ2n) is 5.60. The minimum Gasteiger partial charge on any atom is -0.464 e. The average molecular weight is 296 g/mol. The van der Waals surface area contributed by atoms with E-state index in [4.69, 9.17) is 9.47 Å². The first-order chi connectivity index (χ1) is 10.7. The number of aryl methyl sites for hydroxylation is 1. The van der Waals surface area contributed by atoms with E-state index in [1.54, 1.807) is 0 Å². The maximum absolute atomic E-state index is 11.9. The number of esters is 1. The van der Waals surface area contributed by atoms with Crippen molar-refractivity contribution < 1.29 is 14.3 Å². The molecule has 0 spiro atoms. The Kier molecular flexibility index (Phi) is 4.25. The van der Waals surface area contributed by atoms with Crippen LogP contribution >= 0.6 is 0 Å². The summed E-state index contributed by atoms with van der Waals surface area (Å²) in [5.41, 5.74) is 4.50. The number of epoxide rings is 1. The molecule has 1 saturated heterocycles. The summed E-state index contributed by atoms with van der Waals surface area (Å²) in [5.74, 6) is -0.258. The van der Waals surface area contributed by atoms with Crippen molar-refractivity contribution in [2.75, 3.05) is 6.61 Å². The van der Waals surface area contributed by atoms with Gasteiger partial charge in [-0.3, -0.25) is 0 Å². The van der Waals surface area contributed by atoms with Crippen LogP contribution in [0.2, 0.25) is 0 Å². The molecule has 22 heavy (non-hydrogen) atoms. The van der Waals surface area contributed by atoms with E-state index >= 15 is 0 Å². The lowest BCUT2D eigenvalue weighted by molar-refractivity contribution is -0.145. The number of carbonyl (C=O) groups excluding carboxylic acids is 1. The highest BCUT2D eigenvalue weighted by Gasteiger charge is 2.48. The molecule has 1 heterocycles. The van der Waals surface area contributed by atoms with Gasteiger partial charge in [-0.15, -0.1) is 0 Å². The van der Waals surface area contributed by atoms with Gasteiger partial charge >= 0.3 is 5.97 Å². The van der Waals surface area contributed by atoms with Crippen LogP contribution in [0.15, 0.2) is 48.5 Å². The van der Waals surface area contributed by atoms with E-state index in [1.807, 2.05) is 25.1 Å². The van der Waals surface area contributed by atoms with Crippen LogP contribution in [0.5, 0.6) is 0 Å². The SMILES string of the molecule is CCCOC(=O)C1OC1c1ccc(C)cc1-c1ccccc1. The van der Waals surface area contributed by atoms with E-state index in [0.29, 0.717) is 6.61 Å². The largest absolute Gasteiger partial charge is 0.464 e. The molecule has 2 aromatic carbocycles. The monoisotopic (exact) mass is 296 g/mol. The van der Waals surface area contributed by atoms with Crippen molar-refractivity contribution in [2.45, 2.75) is 32.5 Å². The second-order valence-corrected chi connectivity index (χ2v) is 5.60. The third-order valence-electron chi connectivity index (χ3n) is 3.77. The zero-order valence-corrected chi connectivity index (χ0v) is 12.9. The molecule has 3 rings (SSSR count). The van der Waals surface area contributed by atoms with Gasteiger partial charge in [0.15, 0.2) is 6.10 Å². The first-order valence-corrected chi connectivity index (χ1v) is 7.68. The predicted molar refractivity (Wildman–Crippen MR) is 85.5 cm³/mol. The number of rotatable bonds is 5. The van der Waals surface area contributed by atoms with E-state index in [-0.39, 0.29) is 12.1 Å². The summed E-state index contributed by atoms with van der Waals surface area (Å²) < 4.78 is 10.8. The van der Waals surface area contributed by atoms with Crippen LogP contribution in [0, 0.1) is 6.92 Å². The number of hydrogen-bond donors (Lipinski definition) is 0. The van der Waals surface area contributed by atoms with Crippen molar-refractivity contribution in [1.29, 1.82) is 0 Å². The molecule has 0 saturated carbocycles. The average Bonchev–Trinajstić information content (AvgIpc) is 3.34. The number of benzene rings is 2. The van der Waals surface area contributed by atoms with Gasteiger partial charge in [-0.2, -0.15) is 0 Å². The van der Waals surface area contributed by atoms with Gasteiger partial charge in [-0.1, -0.05) is 61.0 Å². The van der Waals surface area contributed by atoms with Gasteiger partial charge in [0.05, 0.1) is 6.61 Å². The van der Waals surface area contributed by atoms with Crippen LogP contribution < -0.4 is 0 Å². The highest BCUT2D eigenvalue weighted by atomic mass is 16.6. The van der Waals surface area contributed by atoms with Gasteiger partial charge in [0.25, 0.3) is 0 Å². The molecule has 3 nitrogen and oxygen atoms in total. The van der Waals surface area contributed by atoms with Crippen LogP contribution in [0.3, 0.4) is 0 Å². The lowest BCUT2D eigenvalue weighted by atomic mass is 9.95. The topological polar surface area (TPSA) is 38.8 Å². The molecule has 0 N–H and O–H groups in total. The van der Waals surface area contributed by atoms with E-state index in [9.17, 15) is 4.79 Å². The quantitative estimate of drug-likeness (QED) is 0.617. The molecule has 1 aliphatic rings. The Morgan fingerprint density at radius 1 is 1.18 bits per heavy atom. The summed E-state index contributed by atoms with van der Waals surface area (Å²) in [4.78, 5) is 11.9. The maximum atomic E-state index is 11.9. The summed E-state index contributed by atoms with van der Waals surface area (Å²) >= 11 is 0. The van der Waals surface area contributed by atoms with E-state index in [1.165, 1.54) is 5.56 Å². The van der Waals surface area contributed by atoms with Crippen molar-refractivity contribution in [3.05, 3.63) is 59.7 Å². The molecule has 2 aromatic rings. The number of hydrogen-bond acceptors (Lipinski definition) is 3. The van der Waals surface area contributed by atoms with E-state index in [0.717, 1.165) is 23.1 Å². The molecule has 0 bridgehead atoms. The van der Waals surface area contributed by atoms with Gasteiger partial charge in [-0.25, -0.2) is 4.79 Å². The van der Waals surface area contributed by atoms with Crippen LogP contribution in [0.25, 0.3) is 11.1 Å². The number of ether oxygens (including phenoxy) is 2. The van der Waals surface area contributed by atoms with Crippen molar-refractivity contribution >= 4 is 5.97 Å². The molecular weight excluding hydrogens is 276 g/mol. The molecule has 0 aliphatic carbocycles. The Morgan fingerprint density at radius 2 is 1.95 bits per heavy atom. The molecule has 3 heteroatoms. The Bertz CT molecular complexity index is 664. The highest BCUT2D eigenvalue weighted by Crippen LogP contribution is 2.44. The normalized spacial score (nSPS) is 19.7. The van der Waals surface area contributed by atoms with Crippen LogP contribution in [0.1, 0.15) is 30.6 Å². The molecule has 1 fully saturated rings. The molecule has 1 aliphatic heterocycles. The summed E-state index contributed by atoms with van der Waals surface area (Å²) in [6.07, 6.45) is 0.167. The van der Waals surface area contributed by atoms with Crippen LogP contribution in [-0.2, 0) is 14.3 Å². The maximum Gasteiger partial charge on any atom is 0.338 e. The van der Waals surface area contributed by atoms with Gasteiger partial charge in [-0.05, 0) is 30.0 Å². The van der Waals surface area contributed by atoms with Crippen LogP contribution in [0.4, 0.5) is 0 Å². The predicted octanol–water partition coefficient (Wildman–Crippen LogP) is 4.06. The zero-order valence-electron chi connectivity index (χ0n) is 12.9. The third-order valence-corrected chi connectivity index (χ3v) is 3.77. The third kappa shape index (κ3) is 3.04. The van der Waals surface area contributed by atoms with E-state index < -0.39 is 6.10 Å². The van der Waals surface area contributed by atoms with Crippen molar-refractivity contribution in [1.82, 2.24) is 0 Å². The fourth-order valence-corrected chi connectivity index (χ4v) is 2.60. The molecule has 0 radical (unpaired) electrons. The molecule has 2 unspecified atom stereocenters. The lowest BCUT2D eigenvalue weighted by Gasteiger charge is -2.09. The fraction of sp³-hybridized carbons (Fsp3) is 0.316. The van der Waals surface area contributed by atoms with Crippen molar-refractivity contribution in [2.24, 2.45) is 0 Å². The minimum absolute atomic E-state index is 0.194. The summed E-state index contributed by atoms with van der Waals surface area (Å²) in [5, 5.41) is 0. The van der Waals surface area contributed by atoms with Gasteiger partial charge < -0.3 is 9.47 Å². The fourth-order valence-electron chi connectivity index (χ4n) is 2.60. The van der Waals surface area contributed by atoms with Crippen LogP contribution in [-0.4, -0.2) is 18.7 Å². The summed E-state index contributed by atoms with van der Waals surface area (Å²) in [6.45, 7) is 4.49. The van der Waals surface area contributed by atoms with Gasteiger partial charge in [0.1, 0.15) is 6.10 Å². The first-order valence-electron chi connectivity index (χ1n) is 7.68. The molecular formula is C19H20O3. The molecule has 2 atom stereocenters. The Labute approximate surface area is 130 Å². The van der Waals surface area contributed by atoms with Gasteiger partial charge in [0.2, 0.25) is 0 Å². The Balaban J connectivity index is 1.85. The van der Waals surface area contributed by atoms with Crippen molar-refractivity contribution in [3.8, 4) is 11.1 Å². The summed E-state index contributed by atoms with van der Waals surface area (Å²) in [6, 6.07) is 16.4. The van der Waals surface area contributed by atoms with Crippen molar-refractivity contribution in [3.63, 3.8) is 0 Å². The Morgan fingerprint density at radius 3 is 2.68 bits per heavy atom. The molecule has 0 aromatic heterocycles. The highest BCUT2D eigenvalue weighted by molar-refractivity contribution is 5.80. The summed E-state index contributed by atoms with van der Waals surface area (Å²) in [7, 11) is 0. The number of carbonyl (C=O) groups is 1. The molecule has 114 valence electrons. The minimum atomic E-state index is -0.461. The lowest BCUT2D eigenvalue weighted by Crippen LogP contribution is -2.13. The standard InChI is InChI=1S/C19H20O3/c1-3-11-21-19(20)18-17(22-18)15-10-9-13(2)12-16(15)14-7-5-4-6-8-14/h4-10,12,17-18H,3,11H2,1-2H3. The smallest absolute Gasteiger partial charge is 0.338 e. The molecule has 0 amide bonds. The van der Waals surface area contributed by atoms with Gasteiger partial charge in [0, 0.05) is 0 Å². The zero-order chi connectivity index (χ0) is 15.5.